The Balaban J connectivity index is 1.84. The van der Waals surface area contributed by atoms with Crippen LogP contribution in [0.25, 0.3) is 0 Å². The summed E-state index contributed by atoms with van der Waals surface area (Å²) in [5.74, 6) is -2.35. The van der Waals surface area contributed by atoms with Gasteiger partial charge in [0.2, 0.25) is 5.91 Å². The topological polar surface area (TPSA) is 58.6 Å². The van der Waals surface area contributed by atoms with Crippen LogP contribution in [-0.2, 0) is 11.2 Å². The summed E-state index contributed by atoms with van der Waals surface area (Å²) in [6.07, 6.45) is -1.10. The number of nitrogens with zero attached hydrogens (tertiary/aromatic N) is 1. The Hall–Kier alpha value is -3.81. The lowest BCUT2D eigenvalue weighted by Gasteiger charge is -2.25. The first-order valence-electron chi connectivity index (χ1n) is 9.75. The number of ether oxygens (including phenoxy) is 1. The third-order valence-corrected chi connectivity index (χ3v) is 4.77. The molecule has 2 amide bonds. The van der Waals surface area contributed by atoms with E-state index in [1.807, 2.05) is 0 Å². The molecule has 0 spiro atoms. The lowest BCUT2D eigenvalue weighted by atomic mass is 10.0. The fourth-order valence-corrected chi connectivity index (χ4v) is 3.13. The van der Waals surface area contributed by atoms with Crippen molar-refractivity contribution in [3.8, 4) is 5.75 Å². The monoisotopic (exact) mass is 442 g/mol. The van der Waals surface area contributed by atoms with Crippen LogP contribution in [0.1, 0.15) is 11.1 Å². The third-order valence-electron chi connectivity index (χ3n) is 4.77. The van der Waals surface area contributed by atoms with Gasteiger partial charge in [0.15, 0.2) is 0 Å². The summed E-state index contributed by atoms with van der Waals surface area (Å²) in [6.45, 7) is 1.56. The number of halogens is 3. The molecule has 1 atom stereocenters. The molecule has 0 aromatic heterocycles. The average Bonchev–Trinajstić information content (AvgIpc) is 2.74. The van der Waals surface area contributed by atoms with Gasteiger partial charge in [-0.1, -0.05) is 18.2 Å². The van der Waals surface area contributed by atoms with Gasteiger partial charge in [0, 0.05) is 25.2 Å². The predicted octanol–water partition coefficient (Wildman–Crippen LogP) is 4.78. The molecule has 3 aromatic carbocycles. The van der Waals surface area contributed by atoms with Crippen molar-refractivity contribution >= 4 is 17.7 Å². The highest BCUT2D eigenvalue weighted by Crippen LogP contribution is 2.19. The number of aryl methyl sites for hydroxylation is 1. The second kappa shape index (κ2) is 10.00. The molecule has 0 saturated carbocycles. The molecular formula is C24H21F3N2O3. The zero-order valence-corrected chi connectivity index (χ0v) is 17.4. The van der Waals surface area contributed by atoms with Gasteiger partial charge in [-0.15, -0.1) is 0 Å². The highest BCUT2D eigenvalue weighted by molar-refractivity contribution is 5.98. The normalized spacial score (nSPS) is 11.5. The molecule has 3 aromatic rings. The molecule has 8 heteroatoms. The van der Waals surface area contributed by atoms with Crippen LogP contribution in [0.15, 0.2) is 66.7 Å². The highest BCUT2D eigenvalue weighted by Gasteiger charge is 2.27. The van der Waals surface area contributed by atoms with Gasteiger partial charge >= 0.3 is 6.09 Å². The van der Waals surface area contributed by atoms with Crippen LogP contribution >= 0.6 is 0 Å². The molecule has 1 N–H and O–H groups in total. The highest BCUT2D eigenvalue weighted by atomic mass is 19.1. The van der Waals surface area contributed by atoms with Crippen molar-refractivity contribution in [2.45, 2.75) is 19.4 Å². The van der Waals surface area contributed by atoms with Gasteiger partial charge in [-0.2, -0.15) is 0 Å². The van der Waals surface area contributed by atoms with Gasteiger partial charge in [-0.05, 0) is 60.5 Å². The van der Waals surface area contributed by atoms with Crippen molar-refractivity contribution in [1.82, 2.24) is 5.32 Å². The van der Waals surface area contributed by atoms with Gasteiger partial charge in [0.05, 0.1) is 0 Å². The maximum atomic E-state index is 13.7. The van der Waals surface area contributed by atoms with E-state index in [4.69, 9.17) is 4.74 Å². The zero-order chi connectivity index (χ0) is 23.3. The molecule has 0 heterocycles. The number of anilines is 1. The molecule has 0 aliphatic heterocycles. The van der Waals surface area contributed by atoms with Crippen LogP contribution in [0, 0.1) is 24.4 Å². The Bertz CT molecular complexity index is 1100. The van der Waals surface area contributed by atoms with Crippen molar-refractivity contribution in [3.63, 3.8) is 0 Å². The molecule has 0 aliphatic carbocycles. The van der Waals surface area contributed by atoms with E-state index in [1.54, 1.807) is 37.3 Å². The van der Waals surface area contributed by atoms with E-state index >= 15 is 0 Å². The van der Waals surface area contributed by atoms with Crippen LogP contribution in [-0.4, -0.2) is 25.1 Å². The van der Waals surface area contributed by atoms with Gasteiger partial charge < -0.3 is 15.0 Å². The minimum absolute atomic E-state index is 0.171. The van der Waals surface area contributed by atoms with E-state index < -0.39 is 35.5 Å². The first kappa shape index (κ1) is 22.9. The van der Waals surface area contributed by atoms with Gasteiger partial charge in [0.25, 0.3) is 0 Å². The zero-order valence-electron chi connectivity index (χ0n) is 17.4. The van der Waals surface area contributed by atoms with Gasteiger partial charge in [-0.25, -0.2) is 18.0 Å². The van der Waals surface area contributed by atoms with E-state index in [0.29, 0.717) is 17.3 Å². The van der Waals surface area contributed by atoms with E-state index in [0.717, 1.165) is 12.1 Å². The Morgan fingerprint density at radius 2 is 1.62 bits per heavy atom. The molecule has 0 aliphatic rings. The minimum atomic E-state index is -1.21. The van der Waals surface area contributed by atoms with Crippen LogP contribution in [0.3, 0.4) is 0 Å². The smallest absolute Gasteiger partial charge is 0.410 e. The van der Waals surface area contributed by atoms with E-state index in [1.165, 1.54) is 30.1 Å². The summed E-state index contributed by atoms with van der Waals surface area (Å²) in [4.78, 5) is 26.8. The number of hydrogen-bond donors (Lipinski definition) is 1. The molecule has 0 saturated heterocycles. The Morgan fingerprint density at radius 3 is 2.25 bits per heavy atom. The van der Waals surface area contributed by atoms with E-state index in [-0.39, 0.29) is 17.7 Å². The number of para-hydroxylation sites is 1. The lowest BCUT2D eigenvalue weighted by molar-refractivity contribution is -0.120. The van der Waals surface area contributed by atoms with Crippen molar-refractivity contribution in [3.05, 3.63) is 95.3 Å². The number of likely N-dealkylation sites (N-methyl/N-ethyl adjacent to an activating group) is 1. The first-order chi connectivity index (χ1) is 15.2. The standard InChI is InChI=1S/C24H21F3N2O3/c1-15-10-19(8-9-21(15)27)29(2)23(30)22(13-16-11-17(25)14-18(26)12-16)28-24(31)32-20-6-4-3-5-7-20/h3-12,14,22H,13H2,1-2H3,(H,28,31)/t22-/m0/s1. The number of carbonyl (C=O) groups is 2. The van der Waals surface area contributed by atoms with Crippen molar-refractivity contribution in [2.75, 3.05) is 11.9 Å². The second-order valence-corrected chi connectivity index (χ2v) is 7.21. The summed E-state index contributed by atoms with van der Waals surface area (Å²) in [7, 11) is 1.46. The summed E-state index contributed by atoms with van der Waals surface area (Å²) in [5.41, 5.74) is 0.898. The molecule has 0 unspecified atom stereocenters. The predicted molar refractivity (Wildman–Crippen MR) is 114 cm³/mol. The third kappa shape index (κ3) is 5.87. The summed E-state index contributed by atoms with van der Waals surface area (Å²) < 4.78 is 46.1. The number of benzene rings is 3. The van der Waals surface area contributed by atoms with Gasteiger partial charge in [-0.3, -0.25) is 4.79 Å². The molecule has 0 fully saturated rings. The number of nitrogens with one attached hydrogen (secondary N) is 1. The fraction of sp³-hybridized carbons (Fsp3) is 0.167. The van der Waals surface area contributed by atoms with Crippen LogP contribution in [0.2, 0.25) is 0 Å². The Morgan fingerprint density at radius 1 is 0.969 bits per heavy atom. The summed E-state index contributed by atoms with van der Waals surface area (Å²) in [5, 5.41) is 2.46. The molecule has 32 heavy (non-hydrogen) atoms. The maximum absolute atomic E-state index is 13.7. The molecule has 3 rings (SSSR count). The van der Waals surface area contributed by atoms with Crippen LogP contribution in [0.5, 0.6) is 5.75 Å². The van der Waals surface area contributed by atoms with E-state index in [2.05, 4.69) is 5.32 Å². The fourth-order valence-electron chi connectivity index (χ4n) is 3.13. The molecular weight excluding hydrogens is 421 g/mol. The largest absolute Gasteiger partial charge is 0.413 e. The molecule has 0 radical (unpaired) electrons. The Labute approximate surface area is 183 Å². The van der Waals surface area contributed by atoms with Crippen LogP contribution in [0.4, 0.5) is 23.7 Å². The van der Waals surface area contributed by atoms with Crippen molar-refractivity contribution in [2.24, 2.45) is 0 Å². The quantitative estimate of drug-likeness (QED) is 0.598. The number of rotatable bonds is 6. The summed E-state index contributed by atoms with van der Waals surface area (Å²) >= 11 is 0. The maximum Gasteiger partial charge on any atom is 0.413 e. The van der Waals surface area contributed by atoms with Crippen molar-refractivity contribution < 1.29 is 27.5 Å². The molecule has 0 bridgehead atoms. The minimum Gasteiger partial charge on any atom is -0.410 e. The lowest BCUT2D eigenvalue weighted by Crippen LogP contribution is -2.49. The van der Waals surface area contributed by atoms with E-state index in [9.17, 15) is 22.8 Å². The van der Waals surface area contributed by atoms with Gasteiger partial charge in [0.1, 0.15) is 29.2 Å². The number of carbonyl (C=O) groups excluding carboxylic acids is 2. The number of hydrogen-bond acceptors (Lipinski definition) is 3. The number of amides is 2. The Kier molecular flexibility index (Phi) is 7.14. The average molecular weight is 442 g/mol. The molecule has 5 nitrogen and oxygen atoms in total. The second-order valence-electron chi connectivity index (χ2n) is 7.21. The first-order valence-corrected chi connectivity index (χ1v) is 9.75. The SMILES string of the molecule is Cc1cc(N(C)C(=O)[C@H](Cc2cc(F)cc(F)c2)NC(=O)Oc2ccccc2)ccc1F. The van der Waals surface area contributed by atoms with Crippen molar-refractivity contribution in [1.29, 1.82) is 0 Å². The van der Waals surface area contributed by atoms with Crippen LogP contribution < -0.4 is 15.0 Å². The summed E-state index contributed by atoms with van der Waals surface area (Å²) in [6, 6.07) is 14.0. The molecule has 166 valence electrons.